The molecule has 1 aliphatic rings. The van der Waals surface area contributed by atoms with E-state index in [4.69, 9.17) is 16.3 Å². The molecule has 118 valence electrons. The summed E-state index contributed by atoms with van der Waals surface area (Å²) in [5.74, 6) is 0.675. The Labute approximate surface area is 131 Å². The lowest BCUT2D eigenvalue weighted by atomic mass is 10.2. The maximum absolute atomic E-state index is 12.2. The van der Waals surface area contributed by atoms with Crippen LogP contribution in [0.3, 0.4) is 0 Å². The third kappa shape index (κ3) is 5.23. The number of halogens is 1. The molecule has 1 fully saturated rings. The van der Waals surface area contributed by atoms with Crippen LogP contribution in [0.5, 0.6) is 0 Å². The number of benzene rings is 1. The second-order valence-corrected chi connectivity index (χ2v) is 7.35. The van der Waals surface area contributed by atoms with Gasteiger partial charge in [0.25, 0.3) is 0 Å². The Morgan fingerprint density at radius 2 is 2.14 bits per heavy atom. The number of nitrogens with one attached hydrogen (secondary N) is 2. The van der Waals surface area contributed by atoms with Crippen molar-refractivity contribution in [1.29, 1.82) is 0 Å². The summed E-state index contributed by atoms with van der Waals surface area (Å²) in [5, 5.41) is 3.20. The van der Waals surface area contributed by atoms with Gasteiger partial charge in [-0.3, -0.25) is 0 Å². The van der Waals surface area contributed by atoms with Gasteiger partial charge in [0.2, 0.25) is 10.0 Å². The van der Waals surface area contributed by atoms with Crippen molar-refractivity contribution in [3.8, 4) is 0 Å². The molecule has 2 rings (SSSR count). The summed E-state index contributed by atoms with van der Waals surface area (Å²) >= 11 is 6.00. The topological polar surface area (TPSA) is 67.4 Å². The summed E-state index contributed by atoms with van der Waals surface area (Å²) in [5.41, 5.74) is 0.868. The molecule has 0 bridgehead atoms. The fourth-order valence-corrected chi connectivity index (χ4v) is 3.49. The van der Waals surface area contributed by atoms with Crippen molar-refractivity contribution in [2.45, 2.75) is 24.3 Å². The van der Waals surface area contributed by atoms with Gasteiger partial charge in [0.1, 0.15) is 4.90 Å². The molecule has 1 aromatic rings. The van der Waals surface area contributed by atoms with Crippen LogP contribution in [0, 0.1) is 5.92 Å². The van der Waals surface area contributed by atoms with Crippen LogP contribution in [0.2, 0.25) is 5.02 Å². The van der Waals surface area contributed by atoms with Crippen LogP contribution in [0.15, 0.2) is 23.1 Å². The Kier molecular flexibility index (Phi) is 6.01. The molecule has 0 aliphatic heterocycles. The van der Waals surface area contributed by atoms with Crippen LogP contribution in [-0.2, 0) is 21.3 Å². The van der Waals surface area contributed by atoms with Gasteiger partial charge in [0, 0.05) is 19.7 Å². The van der Waals surface area contributed by atoms with Gasteiger partial charge >= 0.3 is 0 Å². The Morgan fingerprint density at radius 3 is 2.81 bits per heavy atom. The second kappa shape index (κ2) is 7.56. The molecule has 1 aromatic carbocycles. The molecule has 1 aliphatic carbocycles. The van der Waals surface area contributed by atoms with E-state index in [2.05, 4.69) is 10.0 Å². The number of hydrogen-bond acceptors (Lipinski definition) is 4. The zero-order valence-corrected chi connectivity index (χ0v) is 13.6. The number of ether oxygens (including phenoxy) is 1. The average Bonchev–Trinajstić information content (AvgIpc) is 3.25. The highest BCUT2D eigenvalue weighted by Crippen LogP contribution is 2.28. The normalized spacial score (nSPS) is 15.3. The lowest BCUT2D eigenvalue weighted by Crippen LogP contribution is -2.28. The minimum atomic E-state index is -3.61. The SMILES string of the molecule is CNCc1ccc(Cl)c(S(=O)(=O)NCCOCC2CC2)c1. The van der Waals surface area contributed by atoms with E-state index in [1.54, 1.807) is 25.2 Å². The first kappa shape index (κ1) is 16.7. The Morgan fingerprint density at radius 1 is 1.38 bits per heavy atom. The first-order valence-corrected chi connectivity index (χ1v) is 8.89. The summed E-state index contributed by atoms with van der Waals surface area (Å²) in [7, 11) is -1.80. The molecule has 21 heavy (non-hydrogen) atoms. The molecule has 0 amide bonds. The first-order valence-electron chi connectivity index (χ1n) is 7.03. The van der Waals surface area contributed by atoms with E-state index in [1.165, 1.54) is 12.8 Å². The first-order chi connectivity index (χ1) is 10.0. The quantitative estimate of drug-likeness (QED) is 0.676. The molecular formula is C14H21ClN2O3S. The molecule has 5 nitrogen and oxygen atoms in total. The number of hydrogen-bond donors (Lipinski definition) is 2. The third-order valence-electron chi connectivity index (χ3n) is 3.25. The van der Waals surface area contributed by atoms with Crippen LogP contribution in [0.1, 0.15) is 18.4 Å². The van der Waals surface area contributed by atoms with E-state index in [9.17, 15) is 8.42 Å². The van der Waals surface area contributed by atoms with Crippen molar-refractivity contribution in [1.82, 2.24) is 10.0 Å². The summed E-state index contributed by atoms with van der Waals surface area (Å²) in [6.45, 7) is 1.94. The fourth-order valence-electron chi connectivity index (χ4n) is 1.93. The summed E-state index contributed by atoms with van der Waals surface area (Å²) in [4.78, 5) is 0.110. The zero-order valence-electron chi connectivity index (χ0n) is 12.1. The summed E-state index contributed by atoms with van der Waals surface area (Å²) in [6, 6.07) is 5.00. The van der Waals surface area contributed by atoms with Gasteiger partial charge in [0.05, 0.1) is 11.6 Å². The van der Waals surface area contributed by atoms with E-state index in [1.807, 2.05) is 0 Å². The predicted octanol–water partition coefficient (Wildman–Crippen LogP) is 1.76. The van der Waals surface area contributed by atoms with Crippen LogP contribution in [0.4, 0.5) is 0 Å². The fraction of sp³-hybridized carbons (Fsp3) is 0.571. The molecule has 0 aromatic heterocycles. The van der Waals surface area contributed by atoms with E-state index < -0.39 is 10.0 Å². The maximum atomic E-state index is 12.2. The molecule has 1 saturated carbocycles. The molecule has 0 atom stereocenters. The van der Waals surface area contributed by atoms with Crippen molar-refractivity contribution >= 4 is 21.6 Å². The molecule has 7 heteroatoms. The van der Waals surface area contributed by atoms with Crippen molar-refractivity contribution in [3.63, 3.8) is 0 Å². The molecule has 0 unspecified atom stereocenters. The highest BCUT2D eigenvalue weighted by atomic mass is 35.5. The van der Waals surface area contributed by atoms with Crippen molar-refractivity contribution in [3.05, 3.63) is 28.8 Å². The lowest BCUT2D eigenvalue weighted by Gasteiger charge is -2.10. The molecule has 0 radical (unpaired) electrons. The van der Waals surface area contributed by atoms with Crippen LogP contribution in [0.25, 0.3) is 0 Å². The molecule has 0 saturated heterocycles. The van der Waals surface area contributed by atoms with Gasteiger partial charge in [-0.05, 0) is 43.5 Å². The van der Waals surface area contributed by atoms with Crippen molar-refractivity contribution in [2.75, 3.05) is 26.8 Å². The van der Waals surface area contributed by atoms with Crippen LogP contribution in [-0.4, -0.2) is 35.2 Å². The highest BCUT2D eigenvalue weighted by Gasteiger charge is 2.21. The average molecular weight is 333 g/mol. The zero-order chi connectivity index (χ0) is 15.3. The standard InChI is InChI=1S/C14H21ClN2O3S/c1-16-9-12-4-5-13(15)14(8-12)21(18,19)17-6-7-20-10-11-2-3-11/h4-5,8,11,16-17H,2-3,6-7,9-10H2,1H3. The Balaban J connectivity index is 1.92. The lowest BCUT2D eigenvalue weighted by molar-refractivity contribution is 0.129. The van der Waals surface area contributed by atoms with Gasteiger partial charge in [-0.2, -0.15) is 0 Å². The van der Waals surface area contributed by atoms with E-state index >= 15 is 0 Å². The van der Waals surface area contributed by atoms with E-state index in [0.29, 0.717) is 19.1 Å². The minimum absolute atomic E-state index is 0.110. The minimum Gasteiger partial charge on any atom is -0.380 e. The summed E-state index contributed by atoms with van der Waals surface area (Å²) < 4.78 is 32.4. The highest BCUT2D eigenvalue weighted by molar-refractivity contribution is 7.89. The monoisotopic (exact) mass is 332 g/mol. The largest absolute Gasteiger partial charge is 0.380 e. The van der Waals surface area contributed by atoms with Gasteiger partial charge in [-0.1, -0.05) is 17.7 Å². The summed E-state index contributed by atoms with van der Waals surface area (Å²) in [6.07, 6.45) is 2.44. The van der Waals surface area contributed by atoms with Gasteiger partial charge in [-0.25, -0.2) is 13.1 Å². The Hall–Kier alpha value is -0.660. The number of sulfonamides is 1. The van der Waals surface area contributed by atoms with Crippen LogP contribution < -0.4 is 10.0 Å². The van der Waals surface area contributed by atoms with Gasteiger partial charge in [-0.15, -0.1) is 0 Å². The third-order valence-corrected chi connectivity index (χ3v) is 5.20. The van der Waals surface area contributed by atoms with Gasteiger partial charge in [0.15, 0.2) is 0 Å². The predicted molar refractivity (Wildman–Crippen MR) is 82.9 cm³/mol. The number of rotatable bonds is 9. The second-order valence-electron chi connectivity index (χ2n) is 5.21. The van der Waals surface area contributed by atoms with Crippen molar-refractivity contribution in [2.24, 2.45) is 5.92 Å². The Bertz CT molecular complexity index is 574. The molecule has 0 heterocycles. The molecule has 0 spiro atoms. The molecular weight excluding hydrogens is 312 g/mol. The molecule has 2 N–H and O–H groups in total. The van der Waals surface area contributed by atoms with Crippen molar-refractivity contribution < 1.29 is 13.2 Å². The maximum Gasteiger partial charge on any atom is 0.242 e. The van der Waals surface area contributed by atoms with E-state index in [-0.39, 0.29) is 16.5 Å². The smallest absolute Gasteiger partial charge is 0.242 e. The van der Waals surface area contributed by atoms with Crippen LogP contribution >= 0.6 is 11.6 Å². The van der Waals surface area contributed by atoms with E-state index in [0.717, 1.165) is 12.2 Å². The van der Waals surface area contributed by atoms with Gasteiger partial charge < -0.3 is 10.1 Å².